The molecule has 3 heteroatoms. The van der Waals surface area contributed by atoms with Crippen molar-refractivity contribution < 1.29 is 0 Å². The van der Waals surface area contributed by atoms with Gasteiger partial charge in [-0.25, -0.2) is 4.98 Å². The average Bonchev–Trinajstić information content (AvgIpc) is 2.47. The molecule has 2 aromatic rings. The number of halogens is 1. The van der Waals surface area contributed by atoms with Gasteiger partial charge < -0.3 is 4.98 Å². The van der Waals surface area contributed by atoms with Crippen LogP contribution < -0.4 is 0 Å². The minimum absolute atomic E-state index is 0.869. The van der Waals surface area contributed by atoms with Crippen molar-refractivity contribution in [3.05, 3.63) is 35.1 Å². The Morgan fingerprint density at radius 2 is 2.17 bits per heavy atom. The van der Waals surface area contributed by atoms with Crippen molar-refractivity contribution in [1.82, 2.24) is 9.97 Å². The predicted octanol–water partition coefficient (Wildman–Crippen LogP) is 2.93. The Bertz CT molecular complexity index is 384. The fourth-order valence-corrected chi connectivity index (χ4v) is 1.36. The number of fused-ring (bicyclic) bond motifs is 1. The molecule has 0 spiro atoms. The zero-order valence-corrected chi connectivity index (χ0v) is 7.88. The van der Waals surface area contributed by atoms with Gasteiger partial charge in [-0.1, -0.05) is 28.1 Å². The molecule has 0 unspecified atom stereocenters. The molecule has 0 saturated carbocycles. The van der Waals surface area contributed by atoms with Gasteiger partial charge in [0, 0.05) is 0 Å². The number of hydrogen-bond acceptors (Lipinski definition) is 1. The van der Waals surface area contributed by atoms with E-state index in [9.17, 15) is 0 Å². The van der Waals surface area contributed by atoms with Crippen LogP contribution in [0.25, 0.3) is 17.1 Å². The Morgan fingerprint density at radius 1 is 1.33 bits per heavy atom. The Morgan fingerprint density at radius 3 is 2.92 bits per heavy atom. The SMILES string of the molecule is BrC=Cc1nc2ccccc2[nH]1. The molecule has 1 aromatic heterocycles. The number of rotatable bonds is 1. The molecule has 0 radical (unpaired) electrons. The molecule has 0 atom stereocenters. The maximum atomic E-state index is 4.33. The number of nitrogens with zero attached hydrogens (tertiary/aromatic N) is 1. The molecule has 2 nitrogen and oxygen atoms in total. The van der Waals surface area contributed by atoms with Gasteiger partial charge in [-0.05, 0) is 23.2 Å². The largest absolute Gasteiger partial charge is 0.338 e. The van der Waals surface area contributed by atoms with Crippen LogP contribution in [0, 0.1) is 0 Å². The van der Waals surface area contributed by atoms with Crippen LogP contribution in [0.5, 0.6) is 0 Å². The molecule has 0 fully saturated rings. The number of H-pyrrole nitrogens is 1. The topological polar surface area (TPSA) is 28.7 Å². The van der Waals surface area contributed by atoms with Gasteiger partial charge in [0.05, 0.1) is 11.0 Å². The minimum Gasteiger partial charge on any atom is -0.338 e. The lowest BCUT2D eigenvalue weighted by Gasteiger charge is -1.81. The summed E-state index contributed by atoms with van der Waals surface area (Å²) in [4.78, 5) is 9.28. The second-order valence-corrected chi connectivity index (χ2v) is 2.96. The van der Waals surface area contributed by atoms with Crippen molar-refractivity contribution in [2.24, 2.45) is 0 Å². The molecule has 0 aliphatic carbocycles. The summed E-state index contributed by atoms with van der Waals surface area (Å²) in [7, 11) is 0. The number of benzene rings is 1. The maximum absolute atomic E-state index is 4.33. The molecule has 0 aliphatic heterocycles. The molecule has 1 heterocycles. The van der Waals surface area contributed by atoms with Crippen LogP contribution in [0.2, 0.25) is 0 Å². The highest BCUT2D eigenvalue weighted by Gasteiger charge is 1.96. The second-order valence-electron chi connectivity index (χ2n) is 2.43. The third-order valence-electron chi connectivity index (χ3n) is 1.63. The maximum Gasteiger partial charge on any atom is 0.131 e. The van der Waals surface area contributed by atoms with Crippen molar-refractivity contribution in [2.45, 2.75) is 0 Å². The van der Waals surface area contributed by atoms with Crippen molar-refractivity contribution in [3.63, 3.8) is 0 Å². The fourth-order valence-electron chi connectivity index (χ4n) is 1.11. The highest BCUT2D eigenvalue weighted by molar-refractivity contribution is 9.11. The summed E-state index contributed by atoms with van der Waals surface area (Å²) >= 11 is 3.20. The number of imidazole rings is 1. The van der Waals surface area contributed by atoms with Gasteiger partial charge >= 0.3 is 0 Å². The first-order valence-corrected chi connectivity index (χ1v) is 4.53. The monoisotopic (exact) mass is 222 g/mol. The Balaban J connectivity index is 2.62. The number of nitrogens with one attached hydrogen (secondary N) is 1. The van der Waals surface area contributed by atoms with Crippen LogP contribution in [0.1, 0.15) is 5.82 Å². The molecule has 0 amide bonds. The van der Waals surface area contributed by atoms with Crippen molar-refractivity contribution in [2.75, 3.05) is 0 Å². The first kappa shape index (κ1) is 7.55. The lowest BCUT2D eigenvalue weighted by molar-refractivity contribution is 1.29. The Kier molecular flexibility index (Phi) is 1.96. The molecule has 12 heavy (non-hydrogen) atoms. The normalized spacial score (nSPS) is 11.4. The zero-order chi connectivity index (χ0) is 8.39. The van der Waals surface area contributed by atoms with Crippen molar-refractivity contribution >= 4 is 33.0 Å². The third-order valence-corrected chi connectivity index (χ3v) is 1.89. The van der Waals surface area contributed by atoms with Gasteiger partial charge in [-0.3, -0.25) is 0 Å². The quantitative estimate of drug-likeness (QED) is 0.790. The summed E-state index contributed by atoms with van der Waals surface area (Å²) in [5, 5.41) is 0. The lowest BCUT2D eigenvalue weighted by atomic mass is 10.3. The number of para-hydroxylation sites is 2. The van der Waals surface area contributed by atoms with E-state index in [0.717, 1.165) is 16.9 Å². The summed E-state index contributed by atoms with van der Waals surface area (Å²) in [6.07, 6.45) is 1.88. The van der Waals surface area contributed by atoms with Crippen LogP contribution in [0.3, 0.4) is 0 Å². The van der Waals surface area contributed by atoms with Crippen LogP contribution in [0.4, 0.5) is 0 Å². The van der Waals surface area contributed by atoms with Gasteiger partial charge in [-0.2, -0.15) is 0 Å². The summed E-state index contributed by atoms with van der Waals surface area (Å²) in [5.74, 6) is 0.869. The highest BCUT2D eigenvalue weighted by atomic mass is 79.9. The highest BCUT2D eigenvalue weighted by Crippen LogP contribution is 2.11. The molecule has 60 valence electrons. The van der Waals surface area contributed by atoms with E-state index >= 15 is 0 Å². The van der Waals surface area contributed by atoms with Gasteiger partial charge in [0.2, 0.25) is 0 Å². The summed E-state index contributed by atoms with van der Waals surface area (Å²) in [6.45, 7) is 0. The number of aromatic amines is 1. The van der Waals surface area contributed by atoms with E-state index in [2.05, 4.69) is 25.9 Å². The van der Waals surface area contributed by atoms with E-state index < -0.39 is 0 Å². The molecule has 2 rings (SSSR count). The first-order valence-electron chi connectivity index (χ1n) is 3.61. The van der Waals surface area contributed by atoms with Crippen LogP contribution in [-0.4, -0.2) is 9.97 Å². The van der Waals surface area contributed by atoms with Gasteiger partial charge in [-0.15, -0.1) is 0 Å². The third kappa shape index (κ3) is 1.28. The summed E-state index contributed by atoms with van der Waals surface area (Å²) < 4.78 is 0. The first-order chi connectivity index (χ1) is 5.90. The van der Waals surface area contributed by atoms with E-state index in [1.165, 1.54) is 0 Å². The molecule has 0 aliphatic rings. The minimum atomic E-state index is 0.869. The van der Waals surface area contributed by atoms with Crippen LogP contribution >= 0.6 is 15.9 Å². The van der Waals surface area contributed by atoms with E-state index in [-0.39, 0.29) is 0 Å². The molecular formula is C9H7BrN2. The molecule has 0 saturated heterocycles. The van der Waals surface area contributed by atoms with Gasteiger partial charge in [0.15, 0.2) is 0 Å². The second kappa shape index (κ2) is 3.11. The molecule has 1 N–H and O–H groups in total. The Hall–Kier alpha value is -1.09. The standard InChI is InChI=1S/C9H7BrN2/c10-6-5-9-11-7-3-1-2-4-8(7)12-9/h1-6H,(H,11,12). The predicted molar refractivity (Wildman–Crippen MR) is 54.1 cm³/mol. The van der Waals surface area contributed by atoms with E-state index in [4.69, 9.17) is 0 Å². The van der Waals surface area contributed by atoms with Crippen molar-refractivity contribution in [3.8, 4) is 0 Å². The van der Waals surface area contributed by atoms with Gasteiger partial charge in [0.25, 0.3) is 0 Å². The van der Waals surface area contributed by atoms with E-state index in [0.29, 0.717) is 0 Å². The van der Waals surface area contributed by atoms with Crippen molar-refractivity contribution in [1.29, 1.82) is 0 Å². The summed E-state index contributed by atoms with van der Waals surface area (Å²) in [5.41, 5.74) is 2.07. The Labute approximate surface area is 78.4 Å². The van der Waals surface area contributed by atoms with E-state index in [1.807, 2.05) is 30.3 Å². The molecule has 1 aromatic carbocycles. The number of aromatic nitrogens is 2. The zero-order valence-electron chi connectivity index (χ0n) is 6.29. The van der Waals surface area contributed by atoms with Crippen LogP contribution in [0.15, 0.2) is 29.3 Å². The average molecular weight is 223 g/mol. The summed E-state index contributed by atoms with van der Waals surface area (Å²) in [6, 6.07) is 7.96. The fraction of sp³-hybridized carbons (Fsp3) is 0. The van der Waals surface area contributed by atoms with Crippen LogP contribution in [-0.2, 0) is 0 Å². The number of hydrogen-bond donors (Lipinski definition) is 1. The van der Waals surface area contributed by atoms with E-state index in [1.54, 1.807) is 4.99 Å². The molecular weight excluding hydrogens is 216 g/mol. The molecule has 0 bridgehead atoms. The van der Waals surface area contributed by atoms with Gasteiger partial charge in [0.1, 0.15) is 5.82 Å². The lowest BCUT2D eigenvalue weighted by Crippen LogP contribution is -1.70. The smallest absolute Gasteiger partial charge is 0.131 e.